The first kappa shape index (κ1) is 18.7. The van der Waals surface area contributed by atoms with E-state index in [1.807, 2.05) is 7.05 Å². The van der Waals surface area contributed by atoms with E-state index in [-0.39, 0.29) is 0 Å². The predicted octanol–water partition coefficient (Wildman–Crippen LogP) is 3.02. The maximum Gasteiger partial charge on any atom is 0.243 e. The topological polar surface area (TPSA) is 58.6 Å². The number of sulfonamides is 1. The summed E-state index contributed by atoms with van der Waals surface area (Å²) < 4.78 is 33.0. The Balaban J connectivity index is 1.57. The molecule has 0 atom stereocenters. The first-order chi connectivity index (χ1) is 12.1. The van der Waals surface area contributed by atoms with Gasteiger partial charge in [-0.25, -0.2) is 8.42 Å². The van der Waals surface area contributed by atoms with Gasteiger partial charge in [0.1, 0.15) is 5.75 Å². The van der Waals surface area contributed by atoms with Crippen LogP contribution in [0.5, 0.6) is 5.75 Å². The quantitative estimate of drug-likeness (QED) is 0.841. The molecule has 1 saturated heterocycles. The first-order valence-corrected chi connectivity index (χ1v) is 10.9. The molecule has 1 aromatic rings. The van der Waals surface area contributed by atoms with Crippen LogP contribution in [0.4, 0.5) is 0 Å². The second-order valence-electron chi connectivity index (χ2n) is 7.25. The molecular formula is C19H30N2O3S. The minimum atomic E-state index is -3.40. The van der Waals surface area contributed by atoms with Crippen molar-refractivity contribution >= 4 is 10.0 Å². The highest BCUT2D eigenvalue weighted by atomic mass is 32.2. The summed E-state index contributed by atoms with van der Waals surface area (Å²) in [5.41, 5.74) is 0. The van der Waals surface area contributed by atoms with E-state index in [4.69, 9.17) is 4.74 Å². The number of rotatable bonds is 6. The largest absolute Gasteiger partial charge is 0.493 e. The van der Waals surface area contributed by atoms with Gasteiger partial charge in [0.05, 0.1) is 11.5 Å². The van der Waals surface area contributed by atoms with Gasteiger partial charge in [-0.3, -0.25) is 0 Å². The van der Waals surface area contributed by atoms with Crippen molar-refractivity contribution in [2.75, 3.05) is 26.7 Å². The average Bonchev–Trinajstić information content (AvgIpc) is 2.67. The van der Waals surface area contributed by atoms with Crippen molar-refractivity contribution in [3.63, 3.8) is 0 Å². The molecular weight excluding hydrogens is 336 g/mol. The Bertz CT molecular complexity index is 631. The lowest BCUT2D eigenvalue weighted by atomic mass is 9.90. The summed E-state index contributed by atoms with van der Waals surface area (Å²) in [5, 5.41) is 3.23. The molecule has 1 saturated carbocycles. The monoisotopic (exact) mass is 366 g/mol. The molecule has 3 rings (SSSR count). The first-order valence-electron chi connectivity index (χ1n) is 9.50. The lowest BCUT2D eigenvalue weighted by Crippen LogP contribution is -2.43. The lowest BCUT2D eigenvalue weighted by Gasteiger charge is -2.31. The summed E-state index contributed by atoms with van der Waals surface area (Å²) in [4.78, 5) is 0.362. The van der Waals surface area contributed by atoms with Crippen molar-refractivity contribution in [2.45, 2.75) is 55.9 Å². The van der Waals surface area contributed by atoms with Crippen LogP contribution < -0.4 is 10.1 Å². The molecule has 1 aliphatic heterocycles. The highest BCUT2D eigenvalue weighted by Crippen LogP contribution is 2.26. The lowest BCUT2D eigenvalue weighted by molar-refractivity contribution is 0.208. The van der Waals surface area contributed by atoms with Crippen molar-refractivity contribution in [2.24, 2.45) is 5.92 Å². The van der Waals surface area contributed by atoms with E-state index in [9.17, 15) is 8.42 Å². The van der Waals surface area contributed by atoms with E-state index >= 15 is 0 Å². The third kappa shape index (κ3) is 4.74. The molecule has 0 aromatic heterocycles. The Morgan fingerprint density at radius 2 is 1.68 bits per heavy atom. The molecule has 0 spiro atoms. The van der Waals surface area contributed by atoms with Crippen LogP contribution in [0.2, 0.25) is 0 Å². The Hall–Kier alpha value is -1.11. The number of hydrogen-bond acceptors (Lipinski definition) is 4. The number of ether oxygens (including phenoxy) is 1. The van der Waals surface area contributed by atoms with Crippen molar-refractivity contribution < 1.29 is 13.2 Å². The molecule has 1 N–H and O–H groups in total. The maximum atomic E-state index is 12.8. The summed E-state index contributed by atoms with van der Waals surface area (Å²) in [6.45, 7) is 1.89. The van der Waals surface area contributed by atoms with Gasteiger partial charge in [0.2, 0.25) is 10.0 Å². The zero-order chi connectivity index (χ0) is 17.7. The van der Waals surface area contributed by atoms with Gasteiger partial charge in [0.15, 0.2) is 0 Å². The normalized spacial score (nSPS) is 21.3. The third-order valence-electron chi connectivity index (χ3n) is 5.53. The van der Waals surface area contributed by atoms with Crippen LogP contribution in [0.3, 0.4) is 0 Å². The number of benzene rings is 1. The summed E-state index contributed by atoms with van der Waals surface area (Å²) in [6.07, 6.45) is 8.15. The summed E-state index contributed by atoms with van der Waals surface area (Å²) in [6, 6.07) is 7.35. The third-order valence-corrected chi connectivity index (χ3v) is 7.45. The smallest absolute Gasteiger partial charge is 0.243 e. The van der Waals surface area contributed by atoms with Crippen molar-refractivity contribution in [1.82, 2.24) is 9.62 Å². The van der Waals surface area contributed by atoms with Gasteiger partial charge in [0, 0.05) is 19.1 Å². The average molecular weight is 367 g/mol. The van der Waals surface area contributed by atoms with Crippen LogP contribution in [0.25, 0.3) is 0 Å². The van der Waals surface area contributed by atoms with E-state index in [0.29, 0.717) is 29.9 Å². The van der Waals surface area contributed by atoms with Gasteiger partial charge in [0.25, 0.3) is 0 Å². The van der Waals surface area contributed by atoms with Crippen LogP contribution in [0, 0.1) is 5.92 Å². The summed E-state index contributed by atoms with van der Waals surface area (Å²) in [7, 11) is -1.46. The fourth-order valence-electron chi connectivity index (χ4n) is 3.81. The van der Waals surface area contributed by atoms with Crippen molar-refractivity contribution in [3.05, 3.63) is 24.3 Å². The Kier molecular flexibility index (Phi) is 6.36. The van der Waals surface area contributed by atoms with Gasteiger partial charge < -0.3 is 10.1 Å². The van der Waals surface area contributed by atoms with E-state index in [1.54, 1.807) is 28.6 Å². The molecule has 2 fully saturated rings. The molecule has 5 nitrogen and oxygen atoms in total. The van der Waals surface area contributed by atoms with E-state index in [2.05, 4.69) is 5.32 Å². The minimum absolute atomic E-state index is 0.362. The predicted molar refractivity (Wildman–Crippen MR) is 99.4 cm³/mol. The van der Waals surface area contributed by atoms with Crippen LogP contribution in [-0.4, -0.2) is 45.5 Å². The molecule has 0 radical (unpaired) electrons. The Morgan fingerprint density at radius 1 is 1.04 bits per heavy atom. The zero-order valence-corrected chi connectivity index (χ0v) is 15.9. The number of hydrogen-bond donors (Lipinski definition) is 1. The van der Waals surface area contributed by atoms with Gasteiger partial charge in [-0.2, -0.15) is 4.31 Å². The molecule has 140 valence electrons. The molecule has 0 unspecified atom stereocenters. The number of piperidine rings is 1. The van der Waals surface area contributed by atoms with Crippen LogP contribution in [-0.2, 0) is 10.0 Å². The van der Waals surface area contributed by atoms with E-state index < -0.39 is 10.0 Å². The van der Waals surface area contributed by atoms with Gasteiger partial charge in [-0.05, 0) is 62.9 Å². The molecule has 0 bridgehead atoms. The van der Waals surface area contributed by atoms with Crippen LogP contribution in [0.1, 0.15) is 44.9 Å². The molecule has 2 aliphatic rings. The second kappa shape index (κ2) is 8.52. The SMILES string of the molecule is CNC1CCN(S(=O)(=O)c2ccc(OCC3CCCCC3)cc2)CC1. The van der Waals surface area contributed by atoms with Gasteiger partial charge in [-0.15, -0.1) is 0 Å². The van der Waals surface area contributed by atoms with Crippen molar-refractivity contribution in [3.8, 4) is 5.75 Å². The fourth-order valence-corrected chi connectivity index (χ4v) is 5.28. The minimum Gasteiger partial charge on any atom is -0.493 e. The van der Waals surface area contributed by atoms with Gasteiger partial charge >= 0.3 is 0 Å². The maximum absolute atomic E-state index is 12.8. The van der Waals surface area contributed by atoms with Crippen LogP contribution >= 0.6 is 0 Å². The number of nitrogens with one attached hydrogen (secondary N) is 1. The van der Waals surface area contributed by atoms with Crippen molar-refractivity contribution in [1.29, 1.82) is 0 Å². The zero-order valence-electron chi connectivity index (χ0n) is 15.1. The molecule has 1 heterocycles. The van der Waals surface area contributed by atoms with E-state index in [0.717, 1.165) is 25.2 Å². The summed E-state index contributed by atoms with van der Waals surface area (Å²) >= 11 is 0. The molecule has 1 aliphatic carbocycles. The van der Waals surface area contributed by atoms with Crippen LogP contribution in [0.15, 0.2) is 29.2 Å². The Labute approximate surface area is 151 Å². The molecule has 1 aromatic carbocycles. The van der Waals surface area contributed by atoms with E-state index in [1.165, 1.54) is 32.1 Å². The number of nitrogens with zero attached hydrogens (tertiary/aromatic N) is 1. The summed E-state index contributed by atoms with van der Waals surface area (Å²) in [5.74, 6) is 1.41. The second-order valence-corrected chi connectivity index (χ2v) is 9.19. The molecule has 25 heavy (non-hydrogen) atoms. The van der Waals surface area contributed by atoms with Gasteiger partial charge in [-0.1, -0.05) is 19.3 Å². The highest BCUT2D eigenvalue weighted by molar-refractivity contribution is 7.89. The fraction of sp³-hybridized carbons (Fsp3) is 0.684. The molecule has 6 heteroatoms. The molecule has 0 amide bonds. The Morgan fingerprint density at radius 3 is 2.28 bits per heavy atom. The standard InChI is InChI=1S/C19H30N2O3S/c1-20-17-11-13-21(14-12-17)25(22,23)19-9-7-18(8-10-19)24-15-16-5-3-2-4-6-16/h7-10,16-17,20H,2-6,11-15H2,1H3. The highest BCUT2D eigenvalue weighted by Gasteiger charge is 2.28.